The van der Waals surface area contributed by atoms with Gasteiger partial charge in [0.25, 0.3) is 0 Å². The average molecular weight is 424 g/mol. The minimum Gasteiger partial charge on any atom is -0.480 e. The fraction of sp³-hybridized carbons (Fsp3) is 0.652. The molecule has 0 aliphatic carbocycles. The van der Waals surface area contributed by atoms with Gasteiger partial charge in [-0.15, -0.1) is 0 Å². The van der Waals surface area contributed by atoms with Crippen molar-refractivity contribution in [3.8, 4) is 0 Å². The lowest BCUT2D eigenvalue weighted by atomic mass is 10.1. The van der Waals surface area contributed by atoms with Crippen LogP contribution in [-0.4, -0.2) is 34.7 Å². The number of unbranched alkanes of at least 4 members (excludes halogenated alkanes) is 9. The summed E-state index contributed by atoms with van der Waals surface area (Å²) in [4.78, 5) is 23.2. The first-order valence-corrected chi connectivity index (χ1v) is 12.1. The van der Waals surface area contributed by atoms with E-state index in [0.717, 1.165) is 17.7 Å². The van der Waals surface area contributed by atoms with E-state index in [0.29, 0.717) is 5.75 Å². The summed E-state index contributed by atoms with van der Waals surface area (Å²) in [5.74, 6) is 0.242. The van der Waals surface area contributed by atoms with Crippen LogP contribution in [0.25, 0.3) is 0 Å². The third-order valence-electron chi connectivity index (χ3n) is 4.73. The second kappa shape index (κ2) is 17.2. The van der Waals surface area contributed by atoms with Gasteiger partial charge >= 0.3 is 12.1 Å². The number of ether oxygens (including phenoxy) is 1. The summed E-state index contributed by atoms with van der Waals surface area (Å²) in [6.45, 7) is 2.37. The zero-order chi connectivity index (χ0) is 21.2. The van der Waals surface area contributed by atoms with E-state index in [2.05, 4.69) is 12.2 Å². The van der Waals surface area contributed by atoms with Crippen LogP contribution in [0.4, 0.5) is 4.79 Å². The maximum atomic E-state index is 11.8. The number of aliphatic carboxylic acids is 1. The van der Waals surface area contributed by atoms with Crippen molar-refractivity contribution in [1.29, 1.82) is 0 Å². The van der Waals surface area contributed by atoms with Crippen LogP contribution in [0, 0.1) is 0 Å². The maximum Gasteiger partial charge on any atom is 0.408 e. The Kier molecular flexibility index (Phi) is 15.0. The molecule has 6 heteroatoms. The number of carbonyl (C=O) groups excluding carboxylic acids is 1. The van der Waals surface area contributed by atoms with Crippen LogP contribution in [0.3, 0.4) is 0 Å². The number of hydrogen-bond acceptors (Lipinski definition) is 4. The van der Waals surface area contributed by atoms with E-state index in [1.807, 2.05) is 30.3 Å². The minimum atomic E-state index is -1.03. The standard InChI is InChI=1S/C23H37NO4S/c1-2-3-4-5-6-7-8-9-10-14-17-29-19-21(22(25)26)24-23(27)28-18-20-15-12-11-13-16-20/h11-13,15-16,21H,2-10,14,17-19H2,1H3,(H,24,27)(H,25,26)/t21-/m0/s1. The third-order valence-corrected chi connectivity index (χ3v) is 5.88. The monoisotopic (exact) mass is 423 g/mol. The molecule has 0 spiro atoms. The molecule has 1 amide bonds. The molecule has 2 N–H and O–H groups in total. The van der Waals surface area contributed by atoms with Crippen molar-refractivity contribution in [1.82, 2.24) is 5.32 Å². The van der Waals surface area contributed by atoms with E-state index in [-0.39, 0.29) is 6.61 Å². The second-order valence-electron chi connectivity index (χ2n) is 7.35. The number of benzene rings is 1. The lowest BCUT2D eigenvalue weighted by molar-refractivity contribution is -0.138. The average Bonchev–Trinajstić information content (AvgIpc) is 2.72. The van der Waals surface area contributed by atoms with Gasteiger partial charge in [-0.1, -0.05) is 95.0 Å². The summed E-state index contributed by atoms with van der Waals surface area (Å²) in [6, 6.07) is 8.39. The molecule has 0 saturated carbocycles. The Labute approximate surface area is 180 Å². The van der Waals surface area contributed by atoms with E-state index < -0.39 is 18.1 Å². The van der Waals surface area contributed by atoms with Crippen LogP contribution in [0.5, 0.6) is 0 Å². The Hall–Kier alpha value is -1.69. The van der Waals surface area contributed by atoms with E-state index in [1.165, 1.54) is 57.8 Å². The van der Waals surface area contributed by atoms with Crippen LogP contribution in [0.2, 0.25) is 0 Å². The largest absolute Gasteiger partial charge is 0.480 e. The number of alkyl carbamates (subject to hydrolysis) is 1. The van der Waals surface area contributed by atoms with E-state index in [1.54, 1.807) is 11.8 Å². The van der Waals surface area contributed by atoms with Gasteiger partial charge in [-0.2, -0.15) is 11.8 Å². The molecule has 5 nitrogen and oxygen atoms in total. The summed E-state index contributed by atoms with van der Waals surface area (Å²) in [7, 11) is 0. The highest BCUT2D eigenvalue weighted by molar-refractivity contribution is 7.99. The second-order valence-corrected chi connectivity index (χ2v) is 8.50. The van der Waals surface area contributed by atoms with E-state index in [9.17, 15) is 14.7 Å². The molecule has 0 bridgehead atoms. The molecular formula is C23H37NO4S. The summed E-state index contributed by atoms with van der Waals surface area (Å²) >= 11 is 1.57. The number of thioether (sulfide) groups is 1. The molecule has 1 rings (SSSR count). The SMILES string of the molecule is CCCCCCCCCCCCSC[C@H](NC(=O)OCc1ccccc1)C(=O)O. The first kappa shape index (κ1) is 25.3. The molecule has 1 atom stereocenters. The highest BCUT2D eigenvalue weighted by Crippen LogP contribution is 2.13. The van der Waals surface area contributed by atoms with Gasteiger partial charge in [0.05, 0.1) is 0 Å². The van der Waals surface area contributed by atoms with Gasteiger partial charge in [0, 0.05) is 5.75 Å². The first-order chi connectivity index (χ1) is 14.1. The van der Waals surface area contributed by atoms with Gasteiger partial charge in [0.2, 0.25) is 0 Å². The Morgan fingerprint density at radius 1 is 0.966 bits per heavy atom. The number of carbonyl (C=O) groups is 2. The Morgan fingerprint density at radius 3 is 2.14 bits per heavy atom. The number of carboxylic acids is 1. The summed E-state index contributed by atoms with van der Waals surface area (Å²) in [5, 5.41) is 11.7. The smallest absolute Gasteiger partial charge is 0.408 e. The molecule has 0 saturated heterocycles. The fourth-order valence-corrected chi connectivity index (χ4v) is 4.01. The molecule has 0 unspecified atom stereocenters. The molecule has 29 heavy (non-hydrogen) atoms. The number of rotatable bonds is 17. The topological polar surface area (TPSA) is 75.6 Å². The van der Waals surface area contributed by atoms with Crippen molar-refractivity contribution < 1.29 is 19.4 Å². The van der Waals surface area contributed by atoms with Crippen LogP contribution in [0.15, 0.2) is 30.3 Å². The highest BCUT2D eigenvalue weighted by Gasteiger charge is 2.20. The fourth-order valence-electron chi connectivity index (χ4n) is 2.97. The first-order valence-electron chi connectivity index (χ1n) is 10.9. The molecule has 0 aromatic heterocycles. The van der Waals surface area contributed by atoms with Gasteiger partial charge < -0.3 is 15.2 Å². The number of carboxylic acid groups (broad SMARTS) is 1. The van der Waals surface area contributed by atoms with Crippen LogP contribution in [-0.2, 0) is 16.1 Å². The Bertz CT molecular complexity index is 553. The molecule has 1 aromatic carbocycles. The maximum absolute atomic E-state index is 11.8. The van der Waals surface area contributed by atoms with Gasteiger partial charge in [0.15, 0.2) is 0 Å². The quantitative estimate of drug-likeness (QED) is 0.300. The van der Waals surface area contributed by atoms with Crippen molar-refractivity contribution in [2.24, 2.45) is 0 Å². The zero-order valence-electron chi connectivity index (χ0n) is 17.7. The van der Waals surface area contributed by atoms with Crippen molar-refractivity contribution >= 4 is 23.8 Å². The predicted octanol–water partition coefficient (Wildman–Crippen LogP) is 6.02. The minimum absolute atomic E-state index is 0.130. The molecule has 0 heterocycles. The molecule has 1 aromatic rings. The summed E-state index contributed by atoms with van der Waals surface area (Å²) in [5.41, 5.74) is 0.866. The normalized spacial score (nSPS) is 11.8. The van der Waals surface area contributed by atoms with Crippen LogP contribution in [0.1, 0.15) is 76.7 Å². The zero-order valence-corrected chi connectivity index (χ0v) is 18.6. The van der Waals surface area contributed by atoms with Gasteiger partial charge in [-0.25, -0.2) is 9.59 Å². The van der Waals surface area contributed by atoms with Gasteiger partial charge in [-0.3, -0.25) is 0 Å². The summed E-state index contributed by atoms with van der Waals surface area (Å²) < 4.78 is 5.10. The van der Waals surface area contributed by atoms with E-state index >= 15 is 0 Å². The lowest BCUT2D eigenvalue weighted by Crippen LogP contribution is -2.42. The molecule has 0 aliphatic rings. The van der Waals surface area contributed by atoms with Crippen molar-refractivity contribution in [3.05, 3.63) is 35.9 Å². The van der Waals surface area contributed by atoms with Crippen molar-refractivity contribution in [2.45, 2.75) is 83.8 Å². The number of hydrogen-bond donors (Lipinski definition) is 2. The van der Waals surface area contributed by atoms with E-state index in [4.69, 9.17) is 4.74 Å². The van der Waals surface area contributed by atoms with Crippen molar-refractivity contribution in [2.75, 3.05) is 11.5 Å². The third kappa shape index (κ3) is 14.0. The molecular weight excluding hydrogens is 386 g/mol. The number of amides is 1. The molecule has 164 valence electrons. The molecule has 0 radical (unpaired) electrons. The van der Waals surface area contributed by atoms with Crippen LogP contribution < -0.4 is 5.32 Å². The molecule has 0 aliphatic heterocycles. The van der Waals surface area contributed by atoms with Crippen LogP contribution >= 0.6 is 11.8 Å². The Balaban J connectivity index is 2.05. The predicted molar refractivity (Wildman–Crippen MR) is 120 cm³/mol. The lowest BCUT2D eigenvalue weighted by Gasteiger charge is -2.14. The van der Waals surface area contributed by atoms with Gasteiger partial charge in [-0.05, 0) is 17.7 Å². The van der Waals surface area contributed by atoms with Crippen molar-refractivity contribution in [3.63, 3.8) is 0 Å². The molecule has 0 fully saturated rings. The number of nitrogens with one attached hydrogen (secondary N) is 1. The Morgan fingerprint density at radius 2 is 1.55 bits per heavy atom. The van der Waals surface area contributed by atoms with Gasteiger partial charge in [0.1, 0.15) is 12.6 Å². The highest BCUT2D eigenvalue weighted by atomic mass is 32.2. The summed E-state index contributed by atoms with van der Waals surface area (Å²) in [6.07, 6.45) is 12.2.